The van der Waals surface area contributed by atoms with Crippen LogP contribution >= 0.6 is 11.6 Å². The van der Waals surface area contributed by atoms with Gasteiger partial charge in [-0.15, -0.1) is 0 Å². The van der Waals surface area contributed by atoms with Crippen LogP contribution in [0.1, 0.15) is 35.5 Å². The van der Waals surface area contributed by atoms with E-state index in [0.717, 1.165) is 27.7 Å². The van der Waals surface area contributed by atoms with Gasteiger partial charge in [0.25, 0.3) is 0 Å². The summed E-state index contributed by atoms with van der Waals surface area (Å²) in [5.74, 6) is -0.319. The number of aryl methyl sites for hydroxylation is 1. The first-order valence-corrected chi connectivity index (χ1v) is 11.5. The van der Waals surface area contributed by atoms with Gasteiger partial charge in [-0.3, -0.25) is 0 Å². The van der Waals surface area contributed by atoms with E-state index in [9.17, 15) is 14.3 Å². The highest BCUT2D eigenvalue weighted by molar-refractivity contribution is 6.35. The van der Waals surface area contributed by atoms with E-state index in [2.05, 4.69) is 29.1 Å². The molecular formula is C26H26ClFN4O2. The normalized spacial score (nSPS) is 11.4. The van der Waals surface area contributed by atoms with Crippen molar-refractivity contribution in [2.45, 2.75) is 33.7 Å². The first-order valence-electron chi connectivity index (χ1n) is 11.1. The number of halogens is 2. The Morgan fingerprint density at radius 1 is 1.18 bits per heavy atom. The first-order chi connectivity index (χ1) is 16.2. The van der Waals surface area contributed by atoms with Crippen LogP contribution in [0.2, 0.25) is 5.02 Å². The average molecular weight is 481 g/mol. The van der Waals surface area contributed by atoms with E-state index in [1.165, 1.54) is 18.5 Å². The standard InChI is InChI=1S/C26H26ClFN4O2/c1-15(2)8-18-10-17(4-5-20(18)26(33)34)23-13-25(31-14-30-23)29-6-7-32-16(3)9-21-22(27)11-19(28)12-24(21)32/h4-5,9-15H,6-8H2,1-3H3,(H,33,34)(H,29,30,31). The van der Waals surface area contributed by atoms with Crippen molar-refractivity contribution in [1.29, 1.82) is 0 Å². The first kappa shape index (κ1) is 23.7. The van der Waals surface area contributed by atoms with E-state index in [-0.39, 0.29) is 5.82 Å². The fourth-order valence-corrected chi connectivity index (χ4v) is 4.44. The molecule has 0 saturated carbocycles. The van der Waals surface area contributed by atoms with Gasteiger partial charge in [-0.1, -0.05) is 31.5 Å². The smallest absolute Gasteiger partial charge is 0.335 e. The average Bonchev–Trinajstić information content (AvgIpc) is 3.09. The third-order valence-electron chi connectivity index (χ3n) is 5.71. The van der Waals surface area contributed by atoms with Gasteiger partial charge in [0.2, 0.25) is 0 Å². The number of aromatic carboxylic acids is 1. The summed E-state index contributed by atoms with van der Waals surface area (Å²) < 4.78 is 15.9. The predicted molar refractivity (Wildman–Crippen MR) is 133 cm³/mol. The van der Waals surface area contributed by atoms with Gasteiger partial charge in [0, 0.05) is 35.8 Å². The van der Waals surface area contributed by atoms with E-state index in [0.29, 0.717) is 47.5 Å². The number of aromatic nitrogens is 3. The molecular weight excluding hydrogens is 455 g/mol. The lowest BCUT2D eigenvalue weighted by molar-refractivity contribution is 0.0695. The van der Waals surface area contributed by atoms with Crippen molar-refractivity contribution < 1.29 is 14.3 Å². The maximum atomic E-state index is 13.9. The minimum Gasteiger partial charge on any atom is -0.478 e. The van der Waals surface area contributed by atoms with E-state index >= 15 is 0 Å². The third kappa shape index (κ3) is 5.04. The Bertz CT molecular complexity index is 1370. The molecule has 0 radical (unpaired) electrons. The Morgan fingerprint density at radius 3 is 2.71 bits per heavy atom. The highest BCUT2D eigenvalue weighted by Crippen LogP contribution is 2.28. The molecule has 0 spiro atoms. The fraction of sp³-hybridized carbons (Fsp3) is 0.269. The molecule has 0 aliphatic carbocycles. The molecule has 0 atom stereocenters. The third-order valence-corrected chi connectivity index (χ3v) is 6.02. The van der Waals surface area contributed by atoms with Crippen LogP contribution in [0.25, 0.3) is 22.2 Å². The summed E-state index contributed by atoms with van der Waals surface area (Å²) in [6, 6.07) is 11.9. The Labute approximate surface area is 202 Å². The van der Waals surface area contributed by atoms with Gasteiger partial charge in [0.05, 0.1) is 21.8 Å². The summed E-state index contributed by atoms with van der Waals surface area (Å²) in [7, 11) is 0. The van der Waals surface area contributed by atoms with Crippen LogP contribution in [-0.2, 0) is 13.0 Å². The van der Waals surface area contributed by atoms with E-state index in [1.54, 1.807) is 12.1 Å². The number of nitrogens with one attached hydrogen (secondary N) is 1. The second kappa shape index (κ2) is 9.81. The van der Waals surface area contributed by atoms with E-state index < -0.39 is 5.97 Å². The quantitative estimate of drug-likeness (QED) is 0.313. The molecule has 4 rings (SSSR count). The zero-order chi connectivity index (χ0) is 24.4. The summed E-state index contributed by atoms with van der Waals surface area (Å²) in [4.78, 5) is 20.3. The van der Waals surface area contributed by atoms with Gasteiger partial charge in [0.1, 0.15) is 18.0 Å². The Hall–Kier alpha value is -3.45. The lowest BCUT2D eigenvalue weighted by Gasteiger charge is -2.13. The van der Waals surface area contributed by atoms with E-state index in [4.69, 9.17) is 11.6 Å². The summed E-state index contributed by atoms with van der Waals surface area (Å²) in [6.45, 7) is 7.24. The maximum Gasteiger partial charge on any atom is 0.335 e. The van der Waals surface area contributed by atoms with E-state index in [1.807, 2.05) is 29.7 Å². The molecule has 2 aromatic carbocycles. The second-order valence-electron chi connectivity index (χ2n) is 8.75. The topological polar surface area (TPSA) is 80.0 Å². The van der Waals surface area contributed by atoms with Crippen LogP contribution in [0.5, 0.6) is 0 Å². The number of rotatable bonds is 8. The van der Waals surface area contributed by atoms with Crippen molar-refractivity contribution in [3.8, 4) is 11.3 Å². The van der Waals surface area contributed by atoms with Crippen molar-refractivity contribution in [2.24, 2.45) is 5.92 Å². The molecule has 0 bridgehead atoms. The van der Waals surface area contributed by atoms with Crippen LogP contribution in [-0.4, -0.2) is 32.2 Å². The van der Waals surface area contributed by atoms with Gasteiger partial charge >= 0.3 is 5.97 Å². The number of carboxylic acids is 1. The molecule has 0 aliphatic rings. The number of carboxylic acid groups (broad SMARTS) is 1. The summed E-state index contributed by atoms with van der Waals surface area (Å²) in [5.41, 5.74) is 4.39. The number of carbonyl (C=O) groups is 1. The molecule has 4 aromatic rings. The van der Waals surface area contributed by atoms with Crippen LogP contribution in [0.3, 0.4) is 0 Å². The van der Waals surface area contributed by atoms with Crippen molar-refractivity contribution >= 4 is 34.3 Å². The lowest BCUT2D eigenvalue weighted by Crippen LogP contribution is -2.12. The Morgan fingerprint density at radius 2 is 1.97 bits per heavy atom. The van der Waals surface area contributed by atoms with Crippen LogP contribution in [0.4, 0.5) is 10.2 Å². The number of benzene rings is 2. The number of hydrogen-bond acceptors (Lipinski definition) is 4. The van der Waals surface area contributed by atoms with Gasteiger partial charge in [-0.25, -0.2) is 19.2 Å². The molecule has 8 heteroatoms. The molecule has 6 nitrogen and oxygen atoms in total. The zero-order valence-corrected chi connectivity index (χ0v) is 20.0. The lowest BCUT2D eigenvalue weighted by atomic mass is 9.95. The van der Waals surface area contributed by atoms with Crippen molar-refractivity contribution in [3.05, 3.63) is 76.5 Å². The predicted octanol–water partition coefficient (Wildman–Crippen LogP) is 6.21. The minimum absolute atomic E-state index is 0.315. The van der Waals surface area contributed by atoms with Crippen LogP contribution in [0, 0.1) is 18.7 Å². The molecule has 2 aromatic heterocycles. The molecule has 0 aliphatic heterocycles. The molecule has 34 heavy (non-hydrogen) atoms. The van der Waals surface area contributed by atoms with Gasteiger partial charge < -0.3 is 15.0 Å². The van der Waals surface area contributed by atoms with Crippen molar-refractivity contribution in [3.63, 3.8) is 0 Å². The molecule has 0 amide bonds. The second-order valence-corrected chi connectivity index (χ2v) is 9.16. The number of hydrogen-bond donors (Lipinski definition) is 2. The Balaban J connectivity index is 1.53. The molecule has 2 heterocycles. The minimum atomic E-state index is -0.929. The highest BCUT2D eigenvalue weighted by Gasteiger charge is 2.14. The van der Waals surface area contributed by atoms with Crippen molar-refractivity contribution in [2.75, 3.05) is 11.9 Å². The number of fused-ring (bicyclic) bond motifs is 1. The highest BCUT2D eigenvalue weighted by atomic mass is 35.5. The van der Waals surface area contributed by atoms with Crippen LogP contribution in [0.15, 0.2) is 48.8 Å². The summed E-state index contributed by atoms with van der Waals surface area (Å²) in [5, 5.41) is 14.0. The van der Waals surface area contributed by atoms with Gasteiger partial charge in [-0.05, 0) is 55.2 Å². The van der Waals surface area contributed by atoms with Crippen LogP contribution < -0.4 is 5.32 Å². The van der Waals surface area contributed by atoms with Crippen molar-refractivity contribution in [1.82, 2.24) is 14.5 Å². The molecule has 0 fully saturated rings. The van der Waals surface area contributed by atoms with Gasteiger partial charge in [-0.2, -0.15) is 0 Å². The van der Waals surface area contributed by atoms with Gasteiger partial charge in [0.15, 0.2) is 0 Å². The SMILES string of the molecule is Cc1cc2c(Cl)cc(F)cc2n1CCNc1cc(-c2ccc(C(=O)O)c(CC(C)C)c2)ncn1. The fourth-order valence-electron chi connectivity index (χ4n) is 4.19. The molecule has 0 unspecified atom stereocenters. The summed E-state index contributed by atoms with van der Waals surface area (Å²) >= 11 is 6.20. The Kier molecular flexibility index (Phi) is 6.84. The number of anilines is 1. The maximum absolute atomic E-state index is 13.9. The molecule has 176 valence electrons. The largest absolute Gasteiger partial charge is 0.478 e. The number of nitrogens with zero attached hydrogens (tertiary/aromatic N) is 3. The monoisotopic (exact) mass is 480 g/mol. The molecule has 2 N–H and O–H groups in total. The summed E-state index contributed by atoms with van der Waals surface area (Å²) in [6.07, 6.45) is 2.15. The molecule has 0 saturated heterocycles. The zero-order valence-electron chi connectivity index (χ0n) is 19.3.